The minimum Gasteiger partial charge on any atom is -0.340 e. The minimum atomic E-state index is -0.988. The van der Waals surface area contributed by atoms with Crippen LogP contribution in [0.25, 0.3) is 0 Å². The van der Waals surface area contributed by atoms with Crippen LogP contribution >= 0.6 is 0 Å². The summed E-state index contributed by atoms with van der Waals surface area (Å²) in [4.78, 5) is 39.5. The lowest BCUT2D eigenvalue weighted by molar-refractivity contribution is -0.122. The van der Waals surface area contributed by atoms with E-state index < -0.39 is 23.8 Å². The third-order valence-electron chi connectivity index (χ3n) is 5.81. The van der Waals surface area contributed by atoms with Crippen LogP contribution in [0.2, 0.25) is 0 Å². The van der Waals surface area contributed by atoms with E-state index in [1.54, 1.807) is 54.6 Å². The van der Waals surface area contributed by atoms with Gasteiger partial charge in [0.2, 0.25) is 5.91 Å². The average molecular weight is 463 g/mol. The summed E-state index contributed by atoms with van der Waals surface area (Å²) in [5, 5.41) is 5.40. The lowest BCUT2D eigenvalue weighted by atomic mass is 9.85. The summed E-state index contributed by atoms with van der Waals surface area (Å²) in [5.41, 5.74) is 2.71. The molecule has 4 aromatic carbocycles. The number of amides is 3. The molecular formula is C30H26N2O3. The Morgan fingerprint density at radius 3 is 1.57 bits per heavy atom. The number of hydrogen-bond acceptors (Lipinski definition) is 3. The summed E-state index contributed by atoms with van der Waals surface area (Å²) in [6.45, 7) is 0. The van der Waals surface area contributed by atoms with E-state index in [2.05, 4.69) is 10.6 Å². The first-order valence-corrected chi connectivity index (χ1v) is 11.5. The Balaban J connectivity index is 1.68. The molecule has 5 heteroatoms. The van der Waals surface area contributed by atoms with Crippen molar-refractivity contribution < 1.29 is 14.4 Å². The van der Waals surface area contributed by atoms with Crippen LogP contribution in [-0.4, -0.2) is 23.8 Å². The number of nitrogens with one attached hydrogen (secondary N) is 2. The first kappa shape index (κ1) is 23.6. The number of carbonyl (C=O) groups is 3. The second kappa shape index (κ2) is 11.6. The fourth-order valence-corrected chi connectivity index (χ4v) is 4.01. The van der Waals surface area contributed by atoms with E-state index in [0.29, 0.717) is 17.5 Å². The zero-order chi connectivity index (χ0) is 24.5. The summed E-state index contributed by atoms with van der Waals surface area (Å²) in [6, 6.07) is 35.6. The molecule has 4 rings (SSSR count). The third-order valence-corrected chi connectivity index (χ3v) is 5.81. The van der Waals surface area contributed by atoms with Crippen molar-refractivity contribution in [1.82, 2.24) is 10.6 Å². The molecule has 2 atom stereocenters. The average Bonchev–Trinajstić information content (AvgIpc) is 2.92. The Hall–Kier alpha value is -4.51. The topological polar surface area (TPSA) is 75.3 Å². The van der Waals surface area contributed by atoms with Crippen LogP contribution in [0, 0.1) is 0 Å². The Morgan fingerprint density at radius 1 is 0.571 bits per heavy atom. The van der Waals surface area contributed by atoms with Crippen LogP contribution in [-0.2, 0) is 11.2 Å². The summed E-state index contributed by atoms with van der Waals surface area (Å²) >= 11 is 0. The van der Waals surface area contributed by atoms with E-state index in [0.717, 1.165) is 11.1 Å². The van der Waals surface area contributed by atoms with Crippen molar-refractivity contribution in [3.8, 4) is 0 Å². The molecule has 0 bridgehead atoms. The molecule has 0 aliphatic heterocycles. The van der Waals surface area contributed by atoms with Gasteiger partial charge in [-0.25, -0.2) is 0 Å². The molecule has 0 aliphatic carbocycles. The molecule has 5 nitrogen and oxygen atoms in total. The van der Waals surface area contributed by atoms with Crippen molar-refractivity contribution in [1.29, 1.82) is 0 Å². The maximum absolute atomic E-state index is 13.6. The number of rotatable bonds is 8. The van der Waals surface area contributed by atoms with Gasteiger partial charge in [-0.05, 0) is 41.8 Å². The molecule has 35 heavy (non-hydrogen) atoms. The molecule has 174 valence electrons. The predicted octanol–water partition coefficient (Wildman–Crippen LogP) is 4.77. The Morgan fingerprint density at radius 2 is 1.03 bits per heavy atom. The molecule has 2 N–H and O–H groups in total. The Labute approximate surface area is 204 Å². The molecule has 0 heterocycles. The van der Waals surface area contributed by atoms with Crippen LogP contribution in [0.15, 0.2) is 121 Å². The molecule has 0 saturated carbocycles. The van der Waals surface area contributed by atoms with Crippen LogP contribution in [0.3, 0.4) is 0 Å². The van der Waals surface area contributed by atoms with Crippen molar-refractivity contribution in [2.45, 2.75) is 18.4 Å². The maximum atomic E-state index is 13.6. The number of benzene rings is 4. The van der Waals surface area contributed by atoms with Gasteiger partial charge in [0.25, 0.3) is 11.8 Å². The highest BCUT2D eigenvalue weighted by Crippen LogP contribution is 2.25. The van der Waals surface area contributed by atoms with Crippen molar-refractivity contribution in [2.75, 3.05) is 0 Å². The van der Waals surface area contributed by atoms with Gasteiger partial charge in [-0.2, -0.15) is 0 Å². The van der Waals surface area contributed by atoms with Crippen molar-refractivity contribution in [3.05, 3.63) is 144 Å². The quantitative estimate of drug-likeness (QED) is 0.396. The lowest BCUT2D eigenvalue weighted by Crippen LogP contribution is -2.52. The molecule has 0 spiro atoms. The molecule has 0 radical (unpaired) electrons. The zero-order valence-electron chi connectivity index (χ0n) is 19.1. The van der Waals surface area contributed by atoms with E-state index in [1.165, 1.54) is 0 Å². The van der Waals surface area contributed by atoms with Gasteiger partial charge < -0.3 is 5.32 Å². The molecule has 0 aliphatic rings. The number of carbonyl (C=O) groups excluding carboxylic acids is 3. The van der Waals surface area contributed by atoms with Gasteiger partial charge in [-0.1, -0.05) is 97.1 Å². The standard InChI is InChI=1S/C30H26N2O3/c33-28(24-17-9-3-10-18-24)31-27(30(35)32-29(34)25-19-11-4-12-20-25)26(23-15-7-2-8-16-23)21-22-13-5-1-6-14-22/h1-20,26-27H,21H2,(H,31,33)(H,32,34,35). The van der Waals surface area contributed by atoms with E-state index >= 15 is 0 Å². The highest BCUT2D eigenvalue weighted by atomic mass is 16.2. The minimum absolute atomic E-state index is 0.369. The maximum Gasteiger partial charge on any atom is 0.257 e. The van der Waals surface area contributed by atoms with Gasteiger partial charge in [-0.3, -0.25) is 19.7 Å². The fourth-order valence-electron chi connectivity index (χ4n) is 4.01. The highest BCUT2D eigenvalue weighted by Gasteiger charge is 2.32. The molecule has 0 fully saturated rings. The number of hydrogen-bond donors (Lipinski definition) is 2. The van der Waals surface area contributed by atoms with E-state index in [4.69, 9.17) is 0 Å². The molecule has 2 unspecified atom stereocenters. The predicted molar refractivity (Wildman–Crippen MR) is 136 cm³/mol. The summed E-state index contributed by atoms with van der Waals surface area (Å²) in [5.74, 6) is -1.87. The van der Waals surface area contributed by atoms with Gasteiger partial charge in [0.15, 0.2) is 0 Å². The summed E-state index contributed by atoms with van der Waals surface area (Å²) in [6.07, 6.45) is 0.498. The van der Waals surface area contributed by atoms with Crippen molar-refractivity contribution >= 4 is 17.7 Å². The first-order valence-electron chi connectivity index (χ1n) is 11.5. The molecule has 0 aromatic heterocycles. The van der Waals surface area contributed by atoms with Gasteiger partial charge in [0.05, 0.1) is 0 Å². The molecule has 4 aromatic rings. The first-order chi connectivity index (χ1) is 17.1. The van der Waals surface area contributed by atoms with Gasteiger partial charge in [0.1, 0.15) is 6.04 Å². The molecule has 3 amide bonds. The van der Waals surface area contributed by atoms with Crippen LogP contribution < -0.4 is 10.6 Å². The van der Waals surface area contributed by atoms with Crippen molar-refractivity contribution in [2.24, 2.45) is 0 Å². The largest absolute Gasteiger partial charge is 0.340 e. The third kappa shape index (κ3) is 6.30. The monoisotopic (exact) mass is 462 g/mol. The van der Waals surface area contributed by atoms with Crippen LogP contribution in [0.4, 0.5) is 0 Å². The van der Waals surface area contributed by atoms with Crippen molar-refractivity contribution in [3.63, 3.8) is 0 Å². The van der Waals surface area contributed by atoms with Gasteiger partial charge in [0, 0.05) is 17.0 Å². The van der Waals surface area contributed by atoms with E-state index in [-0.39, 0.29) is 5.91 Å². The van der Waals surface area contributed by atoms with E-state index in [9.17, 15) is 14.4 Å². The van der Waals surface area contributed by atoms with Gasteiger partial charge >= 0.3 is 0 Å². The van der Waals surface area contributed by atoms with Crippen LogP contribution in [0.1, 0.15) is 37.8 Å². The Kier molecular flexibility index (Phi) is 7.81. The fraction of sp³-hybridized carbons (Fsp3) is 0.100. The summed E-state index contributed by atoms with van der Waals surface area (Å²) < 4.78 is 0. The molecule has 0 saturated heterocycles. The van der Waals surface area contributed by atoms with Crippen LogP contribution in [0.5, 0.6) is 0 Å². The lowest BCUT2D eigenvalue weighted by Gasteiger charge is -2.28. The van der Waals surface area contributed by atoms with E-state index in [1.807, 2.05) is 66.7 Å². The SMILES string of the molecule is O=C(NC(=O)C(NC(=O)c1ccccc1)C(Cc1ccccc1)c1ccccc1)c1ccccc1. The molecular weight excluding hydrogens is 436 g/mol. The summed E-state index contributed by atoms with van der Waals surface area (Å²) in [7, 11) is 0. The second-order valence-electron chi connectivity index (χ2n) is 8.21. The highest BCUT2D eigenvalue weighted by molar-refractivity contribution is 6.07. The van der Waals surface area contributed by atoms with Gasteiger partial charge in [-0.15, -0.1) is 0 Å². The smallest absolute Gasteiger partial charge is 0.257 e. The second-order valence-corrected chi connectivity index (χ2v) is 8.21. The normalized spacial score (nSPS) is 12.2. The Bertz CT molecular complexity index is 1260. The number of imide groups is 1. The zero-order valence-corrected chi connectivity index (χ0v) is 19.1.